The number of hydrogen-bond acceptors (Lipinski definition) is 4. The van der Waals surface area contributed by atoms with Crippen LogP contribution in [0.1, 0.15) is 11.6 Å². The number of hydrogen-bond donors (Lipinski definition) is 2. The molecule has 106 valence electrons. The maximum atomic E-state index is 5.95. The molecule has 1 fully saturated rings. The quantitative estimate of drug-likeness (QED) is 0.888. The number of ether oxygens (including phenoxy) is 1. The Morgan fingerprint density at radius 3 is 2.60 bits per heavy atom. The molecule has 4 nitrogen and oxygen atoms in total. The van der Waals surface area contributed by atoms with E-state index in [0.717, 1.165) is 26.3 Å². The van der Waals surface area contributed by atoms with E-state index in [1.807, 2.05) is 0 Å². The number of fused-ring (bicyclic) bond motifs is 1. The van der Waals surface area contributed by atoms with Gasteiger partial charge in [0, 0.05) is 19.6 Å². The predicted octanol–water partition coefficient (Wildman–Crippen LogP) is 1.68. The van der Waals surface area contributed by atoms with Crippen molar-refractivity contribution in [2.45, 2.75) is 6.04 Å². The molecule has 0 bridgehead atoms. The molecule has 0 spiro atoms. The number of nitrogens with zero attached hydrogens (tertiary/aromatic N) is 1. The molecule has 0 saturated carbocycles. The van der Waals surface area contributed by atoms with Gasteiger partial charge in [-0.05, 0) is 22.4 Å². The fourth-order valence-corrected chi connectivity index (χ4v) is 2.60. The van der Waals surface area contributed by atoms with Crippen molar-refractivity contribution < 1.29 is 4.74 Å². The zero-order chi connectivity index (χ0) is 13.8. The third-order valence-electron chi connectivity index (χ3n) is 3.76. The van der Waals surface area contributed by atoms with Crippen LogP contribution in [0, 0.1) is 0 Å². The van der Waals surface area contributed by atoms with E-state index in [1.54, 1.807) is 0 Å². The molecule has 0 aromatic heterocycles. The number of rotatable bonds is 4. The van der Waals surface area contributed by atoms with E-state index in [0.29, 0.717) is 6.54 Å². The normalized spacial score (nSPS) is 18.2. The predicted molar refractivity (Wildman–Crippen MR) is 81.3 cm³/mol. The molecule has 1 aliphatic heterocycles. The first-order chi connectivity index (χ1) is 9.86. The highest BCUT2D eigenvalue weighted by atomic mass is 16.5. The Morgan fingerprint density at radius 2 is 1.85 bits per heavy atom. The van der Waals surface area contributed by atoms with Crippen LogP contribution in [0.25, 0.3) is 10.8 Å². The van der Waals surface area contributed by atoms with E-state index in [-0.39, 0.29) is 6.04 Å². The average Bonchev–Trinajstić information content (AvgIpc) is 2.53. The fourth-order valence-electron chi connectivity index (χ4n) is 2.60. The highest BCUT2D eigenvalue weighted by Gasteiger charge is 2.16. The van der Waals surface area contributed by atoms with Gasteiger partial charge in [-0.2, -0.15) is 0 Å². The molecule has 1 heterocycles. The van der Waals surface area contributed by atoms with Crippen LogP contribution in [0.3, 0.4) is 0 Å². The molecule has 0 radical (unpaired) electrons. The number of benzene rings is 2. The number of nitrogens with two attached hydrogens (primary N) is 1. The first kappa shape index (κ1) is 13.5. The molecule has 1 aliphatic rings. The molecular weight excluding hydrogens is 250 g/mol. The summed E-state index contributed by atoms with van der Waals surface area (Å²) in [7, 11) is 0. The van der Waals surface area contributed by atoms with Crippen LogP contribution in [0.4, 0.5) is 0 Å². The highest BCUT2D eigenvalue weighted by Crippen LogP contribution is 2.20. The largest absolute Gasteiger partial charge is 0.379 e. The molecule has 0 amide bonds. The van der Waals surface area contributed by atoms with Gasteiger partial charge in [0.05, 0.1) is 19.3 Å². The van der Waals surface area contributed by atoms with E-state index < -0.39 is 0 Å². The van der Waals surface area contributed by atoms with E-state index in [1.165, 1.54) is 16.3 Å². The lowest BCUT2D eigenvalue weighted by Crippen LogP contribution is -2.48. The fraction of sp³-hybridized carbons (Fsp3) is 0.375. The Bertz CT molecular complexity index is 566. The number of morpholine rings is 1. The van der Waals surface area contributed by atoms with Crippen LogP contribution < -0.4 is 11.2 Å². The highest BCUT2D eigenvalue weighted by molar-refractivity contribution is 5.83. The van der Waals surface area contributed by atoms with Crippen molar-refractivity contribution in [3.8, 4) is 0 Å². The maximum absolute atomic E-state index is 5.95. The summed E-state index contributed by atoms with van der Waals surface area (Å²) in [5, 5.41) is 4.72. The second kappa shape index (κ2) is 6.33. The second-order valence-electron chi connectivity index (χ2n) is 5.12. The van der Waals surface area contributed by atoms with Crippen LogP contribution in [-0.4, -0.2) is 37.9 Å². The van der Waals surface area contributed by atoms with Gasteiger partial charge in [0.2, 0.25) is 0 Å². The van der Waals surface area contributed by atoms with Crippen molar-refractivity contribution in [2.24, 2.45) is 5.73 Å². The van der Waals surface area contributed by atoms with Crippen LogP contribution >= 0.6 is 0 Å². The molecular formula is C16H21N3O. The minimum absolute atomic E-state index is 0.151. The molecule has 0 aliphatic carbocycles. The van der Waals surface area contributed by atoms with Gasteiger partial charge in [-0.25, -0.2) is 10.4 Å². The summed E-state index contributed by atoms with van der Waals surface area (Å²) in [4.78, 5) is 0. The smallest absolute Gasteiger partial charge is 0.0608 e. The van der Waals surface area contributed by atoms with Gasteiger partial charge in [-0.3, -0.25) is 0 Å². The van der Waals surface area contributed by atoms with Crippen molar-refractivity contribution in [3.63, 3.8) is 0 Å². The summed E-state index contributed by atoms with van der Waals surface area (Å²) in [5.41, 5.74) is 10.7. The molecule has 20 heavy (non-hydrogen) atoms. The van der Waals surface area contributed by atoms with Gasteiger partial charge in [0.15, 0.2) is 0 Å². The Morgan fingerprint density at radius 1 is 1.10 bits per heavy atom. The van der Waals surface area contributed by atoms with Crippen LogP contribution in [0.15, 0.2) is 42.5 Å². The lowest BCUT2D eigenvalue weighted by molar-refractivity contribution is 0.00406. The SMILES string of the molecule is NCC(NN1CCOCC1)c1ccc2ccccc2c1. The third-order valence-corrected chi connectivity index (χ3v) is 3.76. The Labute approximate surface area is 119 Å². The van der Waals surface area contributed by atoms with Gasteiger partial charge in [0.1, 0.15) is 0 Å². The van der Waals surface area contributed by atoms with Crippen molar-refractivity contribution in [3.05, 3.63) is 48.0 Å². The van der Waals surface area contributed by atoms with Gasteiger partial charge in [-0.1, -0.05) is 36.4 Å². The minimum Gasteiger partial charge on any atom is -0.379 e. The molecule has 1 unspecified atom stereocenters. The van der Waals surface area contributed by atoms with Gasteiger partial charge in [0.25, 0.3) is 0 Å². The Kier molecular flexibility index (Phi) is 4.28. The Hall–Kier alpha value is -1.46. The van der Waals surface area contributed by atoms with E-state index in [4.69, 9.17) is 10.5 Å². The van der Waals surface area contributed by atoms with Crippen molar-refractivity contribution >= 4 is 10.8 Å². The van der Waals surface area contributed by atoms with Gasteiger partial charge in [-0.15, -0.1) is 0 Å². The monoisotopic (exact) mass is 271 g/mol. The van der Waals surface area contributed by atoms with Crippen molar-refractivity contribution in [2.75, 3.05) is 32.8 Å². The summed E-state index contributed by atoms with van der Waals surface area (Å²) in [5.74, 6) is 0. The Balaban J connectivity index is 1.79. The van der Waals surface area contributed by atoms with Gasteiger partial charge >= 0.3 is 0 Å². The average molecular weight is 271 g/mol. The standard InChI is InChI=1S/C16H21N3O/c17-12-16(18-19-7-9-20-10-8-19)15-6-5-13-3-1-2-4-14(13)11-15/h1-6,11,16,18H,7-10,12,17H2. The second-order valence-corrected chi connectivity index (χ2v) is 5.12. The summed E-state index contributed by atoms with van der Waals surface area (Å²) in [6, 6.07) is 15.1. The lowest BCUT2D eigenvalue weighted by atomic mass is 10.0. The van der Waals surface area contributed by atoms with Gasteiger partial charge < -0.3 is 10.5 Å². The molecule has 3 N–H and O–H groups in total. The van der Waals surface area contributed by atoms with Crippen molar-refractivity contribution in [1.29, 1.82) is 0 Å². The zero-order valence-electron chi connectivity index (χ0n) is 11.6. The number of hydrazine groups is 1. The topological polar surface area (TPSA) is 50.5 Å². The summed E-state index contributed by atoms with van der Waals surface area (Å²) < 4.78 is 5.37. The number of nitrogens with one attached hydrogen (secondary N) is 1. The first-order valence-electron chi connectivity index (χ1n) is 7.14. The lowest BCUT2D eigenvalue weighted by Gasteiger charge is -2.31. The molecule has 1 saturated heterocycles. The van der Waals surface area contributed by atoms with E-state index in [2.05, 4.69) is 52.9 Å². The minimum atomic E-state index is 0.151. The maximum Gasteiger partial charge on any atom is 0.0608 e. The summed E-state index contributed by atoms with van der Waals surface area (Å²) >= 11 is 0. The summed E-state index contributed by atoms with van der Waals surface area (Å²) in [6.45, 7) is 3.95. The van der Waals surface area contributed by atoms with Crippen LogP contribution in [0.2, 0.25) is 0 Å². The van der Waals surface area contributed by atoms with E-state index >= 15 is 0 Å². The van der Waals surface area contributed by atoms with E-state index in [9.17, 15) is 0 Å². The first-order valence-corrected chi connectivity index (χ1v) is 7.14. The molecule has 1 atom stereocenters. The van der Waals surface area contributed by atoms with Crippen molar-refractivity contribution in [1.82, 2.24) is 10.4 Å². The molecule has 3 rings (SSSR count). The van der Waals surface area contributed by atoms with Crippen LogP contribution in [-0.2, 0) is 4.74 Å². The van der Waals surface area contributed by atoms with Crippen LogP contribution in [0.5, 0.6) is 0 Å². The molecule has 2 aromatic carbocycles. The summed E-state index contributed by atoms with van der Waals surface area (Å²) in [6.07, 6.45) is 0. The third kappa shape index (κ3) is 2.99. The molecule has 2 aromatic rings. The molecule has 4 heteroatoms. The zero-order valence-corrected chi connectivity index (χ0v) is 11.6.